The number of aryl methyl sites for hydroxylation is 1. The van der Waals surface area contributed by atoms with Gasteiger partial charge in [0, 0.05) is 23.2 Å². The number of nitrogens with zero attached hydrogens (tertiary/aromatic N) is 1. The molecule has 5 heteroatoms. The molecule has 0 unspecified atom stereocenters. The molecule has 100 valence electrons. The number of nitrogen functional groups attached to an aromatic ring is 1. The maximum Gasteiger partial charge on any atom is 0.124 e. The van der Waals surface area contributed by atoms with E-state index in [0.29, 0.717) is 0 Å². The second-order valence-corrected chi connectivity index (χ2v) is 6.30. The number of nitrogens with two attached hydrogens (primary N) is 1. The predicted octanol–water partition coefficient (Wildman–Crippen LogP) is 3.63. The van der Waals surface area contributed by atoms with Gasteiger partial charge < -0.3 is 10.6 Å². The largest absolute Gasteiger partial charge is 0.384 e. The van der Waals surface area contributed by atoms with Crippen molar-refractivity contribution in [2.24, 2.45) is 5.73 Å². The molecule has 2 rings (SSSR count). The molecule has 0 aliphatic heterocycles. The highest BCUT2D eigenvalue weighted by atomic mass is 35.5. The van der Waals surface area contributed by atoms with Crippen molar-refractivity contribution in [2.45, 2.75) is 13.5 Å². The lowest BCUT2D eigenvalue weighted by Crippen LogP contribution is -2.21. The van der Waals surface area contributed by atoms with E-state index in [9.17, 15) is 0 Å². The molecule has 19 heavy (non-hydrogen) atoms. The molecule has 1 heterocycles. The number of hydrogen-bond acceptors (Lipinski definition) is 3. The number of rotatable bonds is 4. The van der Waals surface area contributed by atoms with Crippen LogP contribution >= 0.6 is 22.9 Å². The number of hydrogen-bond donors (Lipinski definition) is 2. The molecule has 0 fully saturated rings. The van der Waals surface area contributed by atoms with E-state index in [-0.39, 0.29) is 5.84 Å². The van der Waals surface area contributed by atoms with Crippen LogP contribution in [0, 0.1) is 12.3 Å². The molecule has 0 spiro atoms. The summed E-state index contributed by atoms with van der Waals surface area (Å²) in [6.07, 6.45) is 0. The second kappa shape index (κ2) is 5.63. The van der Waals surface area contributed by atoms with Crippen molar-refractivity contribution in [3.8, 4) is 0 Å². The van der Waals surface area contributed by atoms with Gasteiger partial charge in [-0.1, -0.05) is 23.2 Å². The van der Waals surface area contributed by atoms with Crippen LogP contribution in [-0.4, -0.2) is 12.9 Å². The highest BCUT2D eigenvalue weighted by Gasteiger charge is 2.11. The minimum Gasteiger partial charge on any atom is -0.384 e. The zero-order valence-corrected chi connectivity index (χ0v) is 12.5. The molecule has 0 atom stereocenters. The third kappa shape index (κ3) is 3.28. The first-order valence-electron chi connectivity index (χ1n) is 5.88. The lowest BCUT2D eigenvalue weighted by Gasteiger charge is -2.22. The molecule has 0 saturated carbocycles. The molecule has 1 aromatic heterocycles. The Morgan fingerprint density at radius 3 is 2.68 bits per heavy atom. The van der Waals surface area contributed by atoms with Crippen LogP contribution in [0.15, 0.2) is 30.3 Å². The summed E-state index contributed by atoms with van der Waals surface area (Å²) < 4.78 is 0.791. The van der Waals surface area contributed by atoms with Gasteiger partial charge in [-0.25, -0.2) is 0 Å². The third-order valence-electron chi connectivity index (χ3n) is 2.88. The van der Waals surface area contributed by atoms with Crippen molar-refractivity contribution >= 4 is 34.5 Å². The maximum absolute atomic E-state index is 7.68. The molecule has 2 aromatic rings. The Bertz CT molecular complexity index is 606. The van der Waals surface area contributed by atoms with E-state index < -0.39 is 0 Å². The molecule has 0 aliphatic carbocycles. The van der Waals surface area contributed by atoms with Crippen molar-refractivity contribution in [1.29, 1.82) is 5.41 Å². The standard InChI is InChI=1S/C14H16ClN3S/c1-9-3-5-12(11(7-9)14(16)17)18(2)8-10-4-6-13(15)19-10/h3-7H,8H2,1-2H3,(H3,16,17). The van der Waals surface area contributed by atoms with Gasteiger partial charge >= 0.3 is 0 Å². The van der Waals surface area contributed by atoms with Gasteiger partial charge in [-0.2, -0.15) is 0 Å². The summed E-state index contributed by atoms with van der Waals surface area (Å²) in [5.74, 6) is 0.0924. The Morgan fingerprint density at radius 2 is 2.11 bits per heavy atom. The zero-order valence-electron chi connectivity index (χ0n) is 10.9. The normalized spacial score (nSPS) is 10.5. The van der Waals surface area contributed by atoms with Crippen molar-refractivity contribution in [3.63, 3.8) is 0 Å². The number of anilines is 1. The maximum atomic E-state index is 7.68. The average Bonchev–Trinajstić information content (AvgIpc) is 2.74. The molecule has 0 bridgehead atoms. The van der Waals surface area contributed by atoms with Gasteiger partial charge in [0.1, 0.15) is 5.84 Å². The van der Waals surface area contributed by atoms with Crippen LogP contribution in [0.5, 0.6) is 0 Å². The van der Waals surface area contributed by atoms with Crippen molar-refractivity contribution < 1.29 is 0 Å². The van der Waals surface area contributed by atoms with Crippen LogP contribution < -0.4 is 10.6 Å². The van der Waals surface area contributed by atoms with Gasteiger partial charge in [0.05, 0.1) is 10.9 Å². The quantitative estimate of drug-likeness (QED) is 0.668. The summed E-state index contributed by atoms with van der Waals surface area (Å²) in [7, 11) is 1.99. The fourth-order valence-corrected chi connectivity index (χ4v) is 3.10. The molecular formula is C14H16ClN3S. The molecule has 0 radical (unpaired) electrons. The SMILES string of the molecule is Cc1ccc(N(C)Cc2ccc(Cl)s2)c(C(=N)N)c1. The summed E-state index contributed by atoms with van der Waals surface area (Å²) in [5, 5.41) is 7.68. The molecule has 0 saturated heterocycles. The van der Waals surface area contributed by atoms with Crippen LogP contribution in [0.3, 0.4) is 0 Å². The van der Waals surface area contributed by atoms with Crippen LogP contribution in [0.25, 0.3) is 0 Å². The topological polar surface area (TPSA) is 53.1 Å². The number of benzene rings is 1. The highest BCUT2D eigenvalue weighted by molar-refractivity contribution is 7.16. The molecular weight excluding hydrogens is 278 g/mol. The van der Waals surface area contributed by atoms with Gasteiger partial charge in [0.2, 0.25) is 0 Å². The Kier molecular flexibility index (Phi) is 4.12. The van der Waals surface area contributed by atoms with E-state index in [1.54, 1.807) is 11.3 Å². The van der Waals surface area contributed by atoms with Crippen LogP contribution in [0.4, 0.5) is 5.69 Å². The van der Waals surface area contributed by atoms with Gasteiger partial charge in [-0.05, 0) is 31.2 Å². The molecule has 3 nitrogen and oxygen atoms in total. The molecule has 3 N–H and O–H groups in total. The monoisotopic (exact) mass is 293 g/mol. The molecule has 0 aliphatic rings. The number of nitrogens with one attached hydrogen (secondary N) is 1. The smallest absolute Gasteiger partial charge is 0.124 e. The van der Waals surface area contributed by atoms with E-state index in [1.807, 2.05) is 44.3 Å². The van der Waals surface area contributed by atoms with Crippen molar-refractivity contribution in [3.05, 3.63) is 50.7 Å². The lowest BCUT2D eigenvalue weighted by molar-refractivity contribution is 0.937. The first-order valence-corrected chi connectivity index (χ1v) is 7.07. The Balaban J connectivity index is 2.28. The first kappa shape index (κ1) is 13.9. The van der Waals surface area contributed by atoms with Gasteiger partial charge in [0.25, 0.3) is 0 Å². The van der Waals surface area contributed by atoms with E-state index in [2.05, 4.69) is 4.90 Å². The van der Waals surface area contributed by atoms with E-state index in [1.165, 1.54) is 4.88 Å². The van der Waals surface area contributed by atoms with E-state index in [0.717, 1.165) is 27.7 Å². The highest BCUT2D eigenvalue weighted by Crippen LogP contribution is 2.26. The summed E-state index contributed by atoms with van der Waals surface area (Å²) >= 11 is 7.51. The summed E-state index contributed by atoms with van der Waals surface area (Å²) in [6.45, 7) is 2.75. The number of thiophene rings is 1. The predicted molar refractivity (Wildman–Crippen MR) is 83.6 cm³/mol. The van der Waals surface area contributed by atoms with Crippen LogP contribution in [0.2, 0.25) is 4.34 Å². The summed E-state index contributed by atoms with van der Waals surface area (Å²) in [5.41, 5.74) is 8.48. The van der Waals surface area contributed by atoms with Gasteiger partial charge in [-0.15, -0.1) is 11.3 Å². The Morgan fingerprint density at radius 1 is 1.37 bits per heavy atom. The minimum absolute atomic E-state index is 0.0924. The molecule has 1 aromatic carbocycles. The Hall–Kier alpha value is -1.52. The lowest BCUT2D eigenvalue weighted by atomic mass is 10.1. The third-order valence-corrected chi connectivity index (χ3v) is 4.09. The van der Waals surface area contributed by atoms with Gasteiger partial charge in [0.15, 0.2) is 0 Å². The fourth-order valence-electron chi connectivity index (χ4n) is 1.95. The van der Waals surface area contributed by atoms with Gasteiger partial charge in [-0.3, -0.25) is 5.41 Å². The fraction of sp³-hybridized carbons (Fsp3) is 0.214. The van der Waals surface area contributed by atoms with Crippen LogP contribution in [0.1, 0.15) is 16.0 Å². The van der Waals surface area contributed by atoms with Crippen molar-refractivity contribution in [2.75, 3.05) is 11.9 Å². The number of amidine groups is 1. The first-order chi connectivity index (χ1) is 8.97. The van der Waals surface area contributed by atoms with Crippen LogP contribution in [-0.2, 0) is 6.54 Å². The van der Waals surface area contributed by atoms with E-state index >= 15 is 0 Å². The summed E-state index contributed by atoms with van der Waals surface area (Å²) in [4.78, 5) is 3.26. The van der Waals surface area contributed by atoms with E-state index in [4.69, 9.17) is 22.7 Å². The summed E-state index contributed by atoms with van der Waals surface area (Å²) in [6, 6.07) is 9.89. The Labute approximate surface area is 122 Å². The number of halogens is 1. The zero-order chi connectivity index (χ0) is 14.0. The second-order valence-electron chi connectivity index (χ2n) is 4.50. The average molecular weight is 294 g/mol. The molecule has 0 amide bonds. The van der Waals surface area contributed by atoms with Crippen molar-refractivity contribution in [1.82, 2.24) is 0 Å². The minimum atomic E-state index is 0.0924.